The Hall–Kier alpha value is -2.92. The molecular weight excluding hydrogens is 348 g/mol. The molecule has 144 valence electrons. The van der Waals surface area contributed by atoms with Crippen LogP contribution < -0.4 is 5.32 Å². The summed E-state index contributed by atoms with van der Waals surface area (Å²) in [7, 11) is 0. The van der Waals surface area contributed by atoms with Gasteiger partial charge in [-0.05, 0) is 49.7 Å². The molecule has 1 unspecified atom stereocenters. The van der Waals surface area contributed by atoms with Crippen molar-refractivity contribution in [1.82, 2.24) is 20.2 Å². The van der Waals surface area contributed by atoms with Crippen molar-refractivity contribution < 1.29 is 4.79 Å². The smallest absolute Gasteiger partial charge is 0.251 e. The van der Waals surface area contributed by atoms with Gasteiger partial charge in [-0.3, -0.25) is 9.69 Å². The van der Waals surface area contributed by atoms with E-state index >= 15 is 0 Å². The summed E-state index contributed by atoms with van der Waals surface area (Å²) in [6, 6.07) is 14.2. The van der Waals surface area contributed by atoms with Crippen molar-refractivity contribution in [3.8, 4) is 0 Å². The highest BCUT2D eigenvalue weighted by Gasteiger charge is 2.24. The Labute approximate surface area is 165 Å². The molecule has 0 bridgehead atoms. The number of fused-ring (bicyclic) bond motifs is 1. The number of carbonyl (C=O) groups excluding carboxylic acids is 1. The van der Waals surface area contributed by atoms with Gasteiger partial charge in [0.05, 0.1) is 0 Å². The first-order valence-corrected chi connectivity index (χ1v) is 9.97. The van der Waals surface area contributed by atoms with Crippen molar-refractivity contribution in [3.05, 3.63) is 66.0 Å². The zero-order valence-electron chi connectivity index (χ0n) is 16.2. The highest BCUT2D eigenvalue weighted by Crippen LogP contribution is 2.24. The van der Waals surface area contributed by atoms with E-state index < -0.39 is 0 Å². The van der Waals surface area contributed by atoms with Crippen LogP contribution in [-0.2, 0) is 4.79 Å². The maximum absolute atomic E-state index is 13.1. The number of benzene rings is 1. The minimum absolute atomic E-state index is 0.0348. The fourth-order valence-electron chi connectivity index (χ4n) is 4.00. The molecule has 2 aromatic heterocycles. The van der Waals surface area contributed by atoms with Gasteiger partial charge in [-0.25, -0.2) is 4.98 Å². The molecule has 5 nitrogen and oxygen atoms in total. The minimum Gasteiger partial charge on any atom is -0.350 e. The summed E-state index contributed by atoms with van der Waals surface area (Å²) in [5.41, 5.74) is 3.38. The van der Waals surface area contributed by atoms with Crippen LogP contribution in [-0.4, -0.2) is 46.5 Å². The van der Waals surface area contributed by atoms with E-state index in [2.05, 4.69) is 27.1 Å². The molecule has 2 N–H and O–H groups in total. The van der Waals surface area contributed by atoms with Gasteiger partial charge in [-0.15, -0.1) is 0 Å². The molecule has 3 heterocycles. The Kier molecular flexibility index (Phi) is 5.53. The maximum atomic E-state index is 13.1. The minimum atomic E-state index is -0.0348. The van der Waals surface area contributed by atoms with Crippen molar-refractivity contribution >= 4 is 28.6 Å². The van der Waals surface area contributed by atoms with E-state index in [4.69, 9.17) is 0 Å². The summed E-state index contributed by atoms with van der Waals surface area (Å²) in [6.45, 7) is 5.03. The Bertz CT molecular complexity index is 976. The summed E-state index contributed by atoms with van der Waals surface area (Å²) in [5.74, 6) is -0.0348. The average molecular weight is 374 g/mol. The number of hydrogen-bond donors (Lipinski definition) is 2. The molecule has 1 atom stereocenters. The van der Waals surface area contributed by atoms with Crippen molar-refractivity contribution in [2.24, 2.45) is 0 Å². The van der Waals surface area contributed by atoms with Gasteiger partial charge in [0.1, 0.15) is 5.65 Å². The molecule has 0 aliphatic carbocycles. The summed E-state index contributed by atoms with van der Waals surface area (Å²) in [6.07, 6.45) is 7.98. The second-order valence-electron chi connectivity index (χ2n) is 7.20. The SMILES string of the molecule is CCN1CCCC1CNC(=O)C(=Cc1c[nH]c2ncccc12)c1ccccc1. The van der Waals surface area contributed by atoms with Gasteiger partial charge < -0.3 is 10.3 Å². The number of nitrogens with one attached hydrogen (secondary N) is 2. The first kappa shape index (κ1) is 18.4. The zero-order chi connectivity index (χ0) is 19.3. The molecule has 3 aromatic rings. The van der Waals surface area contributed by atoms with E-state index in [0.717, 1.165) is 41.7 Å². The lowest BCUT2D eigenvalue weighted by Gasteiger charge is -2.23. The standard InChI is InChI=1S/C23H26N4O/c1-2-27-13-7-10-19(27)16-26-23(28)21(17-8-4-3-5-9-17)14-18-15-25-22-20(18)11-6-12-24-22/h3-6,8-9,11-12,14-15,19H,2,7,10,13,16H2,1H3,(H,24,25)(H,26,28). The average Bonchev–Trinajstić information content (AvgIpc) is 3.37. The maximum Gasteiger partial charge on any atom is 0.251 e. The van der Waals surface area contributed by atoms with Gasteiger partial charge in [-0.1, -0.05) is 37.3 Å². The van der Waals surface area contributed by atoms with Crippen molar-refractivity contribution in [1.29, 1.82) is 0 Å². The Morgan fingerprint density at radius 2 is 2.14 bits per heavy atom. The fourth-order valence-corrected chi connectivity index (χ4v) is 4.00. The van der Waals surface area contributed by atoms with Crippen LogP contribution in [0.5, 0.6) is 0 Å². The summed E-state index contributed by atoms with van der Waals surface area (Å²) in [5, 5.41) is 4.18. The van der Waals surface area contributed by atoms with Crippen molar-refractivity contribution in [2.75, 3.05) is 19.6 Å². The number of pyridine rings is 1. The summed E-state index contributed by atoms with van der Waals surface area (Å²) in [4.78, 5) is 23.1. The number of rotatable bonds is 6. The third kappa shape index (κ3) is 3.85. The number of carbonyl (C=O) groups is 1. The molecule has 1 amide bonds. The van der Waals surface area contributed by atoms with Gasteiger partial charge >= 0.3 is 0 Å². The largest absolute Gasteiger partial charge is 0.350 e. The van der Waals surface area contributed by atoms with Gasteiger partial charge in [0.15, 0.2) is 0 Å². The van der Waals surface area contributed by atoms with E-state index in [1.165, 1.54) is 6.42 Å². The number of nitrogens with zero attached hydrogens (tertiary/aromatic N) is 2. The van der Waals surface area contributed by atoms with E-state index in [1.807, 2.05) is 54.7 Å². The van der Waals surface area contributed by atoms with Gasteiger partial charge in [0.25, 0.3) is 5.91 Å². The van der Waals surface area contributed by atoms with Gasteiger partial charge in [0, 0.05) is 41.5 Å². The van der Waals surface area contributed by atoms with E-state index in [9.17, 15) is 4.79 Å². The predicted octanol–water partition coefficient (Wildman–Crippen LogP) is 3.70. The van der Waals surface area contributed by atoms with Gasteiger partial charge in [-0.2, -0.15) is 0 Å². The molecular formula is C23H26N4O. The van der Waals surface area contributed by atoms with E-state index in [1.54, 1.807) is 6.20 Å². The lowest BCUT2D eigenvalue weighted by molar-refractivity contribution is -0.115. The van der Waals surface area contributed by atoms with Crippen LogP contribution in [0.25, 0.3) is 22.7 Å². The Morgan fingerprint density at radius 1 is 1.29 bits per heavy atom. The monoisotopic (exact) mass is 374 g/mol. The van der Waals surface area contributed by atoms with E-state index in [-0.39, 0.29) is 5.91 Å². The number of likely N-dealkylation sites (N-methyl/N-ethyl adjacent to an activating group) is 1. The molecule has 5 heteroatoms. The molecule has 1 aliphatic rings. The quantitative estimate of drug-likeness (QED) is 0.647. The Morgan fingerprint density at radius 3 is 2.96 bits per heavy atom. The molecule has 0 radical (unpaired) electrons. The number of amides is 1. The molecule has 1 aromatic carbocycles. The topological polar surface area (TPSA) is 61.0 Å². The predicted molar refractivity (Wildman–Crippen MR) is 114 cm³/mol. The first-order chi connectivity index (χ1) is 13.8. The Balaban J connectivity index is 1.61. The normalized spacial score (nSPS) is 17.9. The highest BCUT2D eigenvalue weighted by atomic mass is 16.1. The van der Waals surface area contributed by atoms with Crippen LogP contribution in [0.3, 0.4) is 0 Å². The van der Waals surface area contributed by atoms with Crippen molar-refractivity contribution in [3.63, 3.8) is 0 Å². The number of H-pyrrole nitrogens is 1. The fraction of sp³-hybridized carbons (Fsp3) is 0.304. The van der Waals surface area contributed by atoms with E-state index in [0.29, 0.717) is 18.2 Å². The number of aromatic nitrogens is 2. The third-order valence-electron chi connectivity index (χ3n) is 5.52. The first-order valence-electron chi connectivity index (χ1n) is 9.97. The number of likely N-dealkylation sites (tertiary alicyclic amines) is 1. The van der Waals surface area contributed by atoms with Crippen LogP contribution in [0, 0.1) is 0 Å². The van der Waals surface area contributed by atoms with Crippen LogP contribution in [0.2, 0.25) is 0 Å². The molecule has 1 aliphatic heterocycles. The van der Waals surface area contributed by atoms with Crippen LogP contribution >= 0.6 is 0 Å². The zero-order valence-corrected chi connectivity index (χ0v) is 16.2. The van der Waals surface area contributed by atoms with Crippen LogP contribution in [0.15, 0.2) is 54.9 Å². The molecule has 1 fully saturated rings. The molecule has 0 saturated carbocycles. The van der Waals surface area contributed by atoms with Crippen molar-refractivity contribution in [2.45, 2.75) is 25.8 Å². The lowest BCUT2D eigenvalue weighted by atomic mass is 10.0. The second kappa shape index (κ2) is 8.40. The van der Waals surface area contributed by atoms with Crippen LogP contribution in [0.1, 0.15) is 30.9 Å². The molecule has 0 spiro atoms. The van der Waals surface area contributed by atoms with Crippen LogP contribution in [0.4, 0.5) is 0 Å². The summed E-state index contributed by atoms with van der Waals surface area (Å²) < 4.78 is 0. The second-order valence-corrected chi connectivity index (χ2v) is 7.20. The number of aromatic amines is 1. The van der Waals surface area contributed by atoms with Gasteiger partial charge in [0.2, 0.25) is 0 Å². The third-order valence-corrected chi connectivity index (χ3v) is 5.52. The number of hydrogen-bond acceptors (Lipinski definition) is 3. The lowest BCUT2D eigenvalue weighted by Crippen LogP contribution is -2.40. The molecule has 4 rings (SSSR count). The molecule has 28 heavy (non-hydrogen) atoms. The summed E-state index contributed by atoms with van der Waals surface area (Å²) >= 11 is 0. The molecule has 1 saturated heterocycles. The highest BCUT2D eigenvalue weighted by molar-refractivity contribution is 6.24.